The van der Waals surface area contributed by atoms with E-state index in [1.807, 2.05) is 38.1 Å². The number of fused-ring (bicyclic) bond motifs is 1. The molecule has 1 atom stereocenters. The van der Waals surface area contributed by atoms with Gasteiger partial charge in [0.05, 0.1) is 12.2 Å². The first-order chi connectivity index (χ1) is 8.26. The molecule has 1 heterocycles. The Bertz CT molecular complexity index is 402. The molecule has 1 aliphatic heterocycles. The standard InChI is InChI=1S/C13H18N2O2/c1-3-15(4-2)13(16)12-9-14-10-7-5-6-8-11(10)17-12/h5-8,12,14H,3-4,9H2,1-2H3. The number of carbonyl (C=O) groups excluding carboxylic acids is 1. The molecular formula is C13H18N2O2. The fraction of sp³-hybridized carbons (Fsp3) is 0.462. The Morgan fingerprint density at radius 1 is 1.41 bits per heavy atom. The summed E-state index contributed by atoms with van der Waals surface area (Å²) in [4.78, 5) is 13.9. The van der Waals surface area contributed by atoms with Crippen LogP contribution in [0.4, 0.5) is 5.69 Å². The van der Waals surface area contributed by atoms with E-state index >= 15 is 0 Å². The van der Waals surface area contributed by atoms with Crippen LogP contribution in [0.5, 0.6) is 5.75 Å². The van der Waals surface area contributed by atoms with Crippen LogP contribution >= 0.6 is 0 Å². The molecule has 0 spiro atoms. The zero-order valence-corrected chi connectivity index (χ0v) is 10.3. The number of benzene rings is 1. The molecule has 4 heteroatoms. The number of ether oxygens (including phenoxy) is 1. The highest BCUT2D eigenvalue weighted by Gasteiger charge is 2.28. The van der Waals surface area contributed by atoms with Crippen molar-refractivity contribution in [3.05, 3.63) is 24.3 Å². The zero-order chi connectivity index (χ0) is 12.3. The number of para-hydroxylation sites is 2. The molecule has 92 valence electrons. The van der Waals surface area contributed by atoms with E-state index < -0.39 is 6.10 Å². The van der Waals surface area contributed by atoms with Crippen molar-refractivity contribution in [2.45, 2.75) is 20.0 Å². The van der Waals surface area contributed by atoms with E-state index in [2.05, 4.69) is 5.32 Å². The Labute approximate surface area is 102 Å². The smallest absolute Gasteiger partial charge is 0.265 e. The number of rotatable bonds is 3. The summed E-state index contributed by atoms with van der Waals surface area (Å²) < 4.78 is 5.72. The maximum Gasteiger partial charge on any atom is 0.265 e. The molecule has 0 radical (unpaired) electrons. The molecule has 17 heavy (non-hydrogen) atoms. The average molecular weight is 234 g/mol. The summed E-state index contributed by atoms with van der Waals surface area (Å²) in [6.07, 6.45) is -0.412. The lowest BCUT2D eigenvalue weighted by atomic mass is 10.2. The van der Waals surface area contributed by atoms with Gasteiger partial charge in [0, 0.05) is 13.1 Å². The summed E-state index contributed by atoms with van der Waals surface area (Å²) in [5.41, 5.74) is 0.955. The van der Waals surface area contributed by atoms with Gasteiger partial charge in [0.15, 0.2) is 6.10 Å². The molecule has 1 aliphatic rings. The predicted molar refractivity (Wildman–Crippen MR) is 67.3 cm³/mol. The van der Waals surface area contributed by atoms with Crippen molar-refractivity contribution in [1.82, 2.24) is 4.90 Å². The summed E-state index contributed by atoms with van der Waals surface area (Å²) in [7, 11) is 0. The first kappa shape index (κ1) is 11.8. The van der Waals surface area contributed by atoms with E-state index in [9.17, 15) is 4.79 Å². The Kier molecular flexibility index (Phi) is 3.52. The highest BCUT2D eigenvalue weighted by molar-refractivity contribution is 5.83. The predicted octanol–water partition coefficient (Wildman–Crippen LogP) is 1.73. The minimum atomic E-state index is -0.412. The number of nitrogens with one attached hydrogen (secondary N) is 1. The molecule has 1 N–H and O–H groups in total. The van der Waals surface area contributed by atoms with Gasteiger partial charge in [-0.25, -0.2) is 0 Å². The maximum atomic E-state index is 12.1. The highest BCUT2D eigenvalue weighted by atomic mass is 16.5. The van der Waals surface area contributed by atoms with Crippen LogP contribution in [0.2, 0.25) is 0 Å². The Balaban J connectivity index is 2.09. The molecule has 0 aliphatic carbocycles. The van der Waals surface area contributed by atoms with Crippen molar-refractivity contribution >= 4 is 11.6 Å². The second-order valence-corrected chi connectivity index (χ2v) is 3.99. The molecule has 1 aromatic carbocycles. The van der Waals surface area contributed by atoms with Gasteiger partial charge in [0.25, 0.3) is 5.91 Å². The SMILES string of the molecule is CCN(CC)C(=O)C1CNc2ccccc2O1. The quantitative estimate of drug-likeness (QED) is 0.866. The van der Waals surface area contributed by atoms with Crippen LogP contribution in [0.3, 0.4) is 0 Å². The Hall–Kier alpha value is -1.71. The zero-order valence-electron chi connectivity index (χ0n) is 10.3. The number of nitrogens with zero attached hydrogens (tertiary/aromatic N) is 1. The van der Waals surface area contributed by atoms with E-state index in [1.165, 1.54) is 0 Å². The third-order valence-corrected chi connectivity index (χ3v) is 2.98. The van der Waals surface area contributed by atoms with E-state index in [4.69, 9.17) is 4.74 Å². The first-order valence-electron chi connectivity index (χ1n) is 6.04. The van der Waals surface area contributed by atoms with Gasteiger partial charge in [-0.2, -0.15) is 0 Å². The van der Waals surface area contributed by atoms with Gasteiger partial charge in [-0.05, 0) is 26.0 Å². The summed E-state index contributed by atoms with van der Waals surface area (Å²) in [6, 6.07) is 7.68. The van der Waals surface area contributed by atoms with Crippen molar-refractivity contribution in [3.8, 4) is 5.75 Å². The highest BCUT2D eigenvalue weighted by Crippen LogP contribution is 2.28. The number of carbonyl (C=O) groups is 1. The minimum Gasteiger partial charge on any atom is -0.477 e. The van der Waals surface area contributed by atoms with E-state index in [0.717, 1.165) is 24.5 Å². The number of anilines is 1. The molecular weight excluding hydrogens is 216 g/mol. The van der Waals surface area contributed by atoms with Crippen molar-refractivity contribution in [2.24, 2.45) is 0 Å². The van der Waals surface area contributed by atoms with Gasteiger partial charge in [-0.15, -0.1) is 0 Å². The third-order valence-electron chi connectivity index (χ3n) is 2.98. The third kappa shape index (κ3) is 2.35. The Morgan fingerprint density at radius 2 is 2.12 bits per heavy atom. The summed E-state index contributed by atoms with van der Waals surface area (Å²) in [6.45, 7) is 5.93. The van der Waals surface area contributed by atoms with Crippen molar-refractivity contribution in [2.75, 3.05) is 25.0 Å². The van der Waals surface area contributed by atoms with Crippen LogP contribution in [0, 0.1) is 0 Å². The second-order valence-electron chi connectivity index (χ2n) is 3.99. The lowest BCUT2D eigenvalue weighted by Crippen LogP contribution is -2.46. The molecule has 0 fully saturated rings. The van der Waals surface area contributed by atoms with Gasteiger partial charge in [-0.1, -0.05) is 12.1 Å². The number of likely N-dealkylation sites (N-methyl/N-ethyl adjacent to an activating group) is 1. The summed E-state index contributed by atoms with van der Waals surface area (Å²) in [5.74, 6) is 0.807. The molecule has 0 aromatic heterocycles. The number of amides is 1. The monoisotopic (exact) mass is 234 g/mol. The summed E-state index contributed by atoms with van der Waals surface area (Å²) in [5, 5.41) is 3.22. The first-order valence-corrected chi connectivity index (χ1v) is 6.04. The lowest BCUT2D eigenvalue weighted by molar-refractivity contribution is -0.137. The van der Waals surface area contributed by atoms with Crippen LogP contribution in [-0.4, -0.2) is 36.5 Å². The average Bonchev–Trinajstić information content (AvgIpc) is 2.39. The van der Waals surface area contributed by atoms with Gasteiger partial charge in [0.1, 0.15) is 5.75 Å². The second kappa shape index (κ2) is 5.08. The molecule has 2 rings (SSSR count). The van der Waals surface area contributed by atoms with Crippen molar-refractivity contribution in [3.63, 3.8) is 0 Å². The van der Waals surface area contributed by atoms with Crippen LogP contribution in [0.25, 0.3) is 0 Å². The van der Waals surface area contributed by atoms with Crippen LogP contribution in [-0.2, 0) is 4.79 Å². The number of hydrogen-bond acceptors (Lipinski definition) is 3. The van der Waals surface area contributed by atoms with Gasteiger partial charge >= 0.3 is 0 Å². The van der Waals surface area contributed by atoms with Crippen LogP contribution < -0.4 is 10.1 Å². The Morgan fingerprint density at radius 3 is 2.82 bits per heavy atom. The molecule has 0 bridgehead atoms. The van der Waals surface area contributed by atoms with Gasteiger partial charge in [-0.3, -0.25) is 4.79 Å². The molecule has 1 aromatic rings. The fourth-order valence-electron chi connectivity index (χ4n) is 1.99. The normalized spacial score (nSPS) is 17.6. The molecule has 1 unspecified atom stereocenters. The van der Waals surface area contributed by atoms with Crippen LogP contribution in [0.15, 0.2) is 24.3 Å². The number of hydrogen-bond donors (Lipinski definition) is 1. The minimum absolute atomic E-state index is 0.0528. The largest absolute Gasteiger partial charge is 0.477 e. The van der Waals surface area contributed by atoms with Crippen molar-refractivity contribution in [1.29, 1.82) is 0 Å². The maximum absolute atomic E-state index is 12.1. The lowest BCUT2D eigenvalue weighted by Gasteiger charge is -2.30. The van der Waals surface area contributed by atoms with Gasteiger partial charge in [0.2, 0.25) is 0 Å². The van der Waals surface area contributed by atoms with E-state index in [0.29, 0.717) is 6.54 Å². The fourth-order valence-corrected chi connectivity index (χ4v) is 1.99. The van der Waals surface area contributed by atoms with E-state index in [1.54, 1.807) is 4.90 Å². The van der Waals surface area contributed by atoms with Crippen molar-refractivity contribution < 1.29 is 9.53 Å². The van der Waals surface area contributed by atoms with E-state index in [-0.39, 0.29) is 5.91 Å². The topological polar surface area (TPSA) is 41.6 Å². The molecule has 0 saturated heterocycles. The molecule has 1 amide bonds. The van der Waals surface area contributed by atoms with Gasteiger partial charge < -0.3 is 15.0 Å². The summed E-state index contributed by atoms with van der Waals surface area (Å²) >= 11 is 0. The molecule has 0 saturated carbocycles. The molecule has 4 nitrogen and oxygen atoms in total. The van der Waals surface area contributed by atoms with Crippen LogP contribution in [0.1, 0.15) is 13.8 Å².